The van der Waals surface area contributed by atoms with Gasteiger partial charge in [-0.1, -0.05) is 31.2 Å². The highest BCUT2D eigenvalue weighted by molar-refractivity contribution is 5.89. The topological polar surface area (TPSA) is 51.2 Å². The molecule has 0 aliphatic rings. The van der Waals surface area contributed by atoms with Gasteiger partial charge in [-0.2, -0.15) is 0 Å². The van der Waals surface area contributed by atoms with Gasteiger partial charge in [-0.3, -0.25) is 9.59 Å². The van der Waals surface area contributed by atoms with Gasteiger partial charge in [-0.05, 0) is 0 Å². The molecule has 3 heteroatoms. The van der Waals surface area contributed by atoms with Crippen LogP contribution in [-0.2, 0) is 4.79 Å². The number of hydrogen-bond acceptors (Lipinski definition) is 3. The maximum Gasteiger partial charge on any atom is 0.150 e. The van der Waals surface area contributed by atoms with Crippen LogP contribution in [0.2, 0.25) is 0 Å². The van der Waals surface area contributed by atoms with Crippen LogP contribution < -0.4 is 0 Å². The zero-order valence-electron chi connectivity index (χ0n) is 7.97. The Balaban J connectivity index is 0.000000364. The van der Waals surface area contributed by atoms with E-state index >= 15 is 0 Å². The Morgan fingerprint density at radius 2 is 1.36 bits per heavy atom. The molecule has 0 aliphatic carbocycles. The number of rotatable bonds is 3. The molecule has 1 rings (SSSR count). The lowest BCUT2D eigenvalue weighted by Gasteiger charge is -1.91. The molecule has 0 aromatic heterocycles. The maximum atomic E-state index is 10.2. The van der Waals surface area contributed by atoms with Crippen LogP contribution in [0.3, 0.4) is 0 Å². The molecule has 0 radical (unpaired) electrons. The summed E-state index contributed by atoms with van der Waals surface area (Å²) in [6.07, 6.45) is 2.85. The van der Waals surface area contributed by atoms with Crippen molar-refractivity contribution in [2.24, 2.45) is 0 Å². The summed E-state index contributed by atoms with van der Waals surface area (Å²) in [5.41, 5.74) is 0.884. The molecule has 0 heterocycles. The Morgan fingerprint density at radius 1 is 1.00 bits per heavy atom. The molecular formula is C11H12O3. The summed E-state index contributed by atoms with van der Waals surface area (Å²) in [6, 6.07) is 6.65. The molecular weight excluding hydrogens is 180 g/mol. The van der Waals surface area contributed by atoms with Crippen molar-refractivity contribution >= 4 is 18.9 Å². The fourth-order valence-corrected chi connectivity index (χ4v) is 0.726. The van der Waals surface area contributed by atoms with E-state index in [1.54, 1.807) is 24.3 Å². The monoisotopic (exact) mass is 192 g/mol. The normalized spacial score (nSPS) is 8.07. The molecule has 0 atom stereocenters. The Labute approximate surface area is 82.7 Å². The van der Waals surface area contributed by atoms with Crippen LogP contribution in [0.4, 0.5) is 0 Å². The van der Waals surface area contributed by atoms with Crippen molar-refractivity contribution in [3.8, 4) is 0 Å². The smallest absolute Gasteiger partial charge is 0.150 e. The van der Waals surface area contributed by atoms with E-state index in [1.807, 2.05) is 6.92 Å². The first-order valence-electron chi connectivity index (χ1n) is 4.23. The lowest BCUT2D eigenvalue weighted by molar-refractivity contribution is -0.107. The Bertz CT molecular complexity index is 278. The predicted octanol–water partition coefficient (Wildman–Crippen LogP) is 1.91. The van der Waals surface area contributed by atoms with Crippen molar-refractivity contribution in [1.29, 1.82) is 0 Å². The van der Waals surface area contributed by atoms with Crippen LogP contribution in [0.15, 0.2) is 24.3 Å². The van der Waals surface area contributed by atoms with Gasteiger partial charge in [0.2, 0.25) is 0 Å². The van der Waals surface area contributed by atoms with Gasteiger partial charge in [0.25, 0.3) is 0 Å². The van der Waals surface area contributed by atoms with E-state index in [9.17, 15) is 14.4 Å². The molecule has 0 unspecified atom stereocenters. The van der Waals surface area contributed by atoms with Gasteiger partial charge < -0.3 is 4.79 Å². The number of aldehydes is 3. The fourth-order valence-electron chi connectivity index (χ4n) is 0.726. The minimum atomic E-state index is 0.442. The first-order valence-corrected chi connectivity index (χ1v) is 4.23. The van der Waals surface area contributed by atoms with Gasteiger partial charge >= 0.3 is 0 Å². The van der Waals surface area contributed by atoms with Crippen molar-refractivity contribution in [2.75, 3.05) is 0 Å². The molecule has 0 N–H and O–H groups in total. The molecule has 1 aromatic carbocycles. The number of hydrogen-bond donors (Lipinski definition) is 0. The molecule has 3 nitrogen and oxygen atoms in total. The highest BCUT2D eigenvalue weighted by Gasteiger charge is 1.95. The fraction of sp³-hybridized carbons (Fsp3) is 0.182. The average molecular weight is 192 g/mol. The van der Waals surface area contributed by atoms with E-state index in [0.29, 0.717) is 30.1 Å². The van der Waals surface area contributed by atoms with Gasteiger partial charge in [0.05, 0.1) is 0 Å². The summed E-state index contributed by atoms with van der Waals surface area (Å²) in [7, 11) is 0. The first kappa shape index (κ1) is 12.2. The number of carbonyl (C=O) groups excluding carboxylic acids is 3. The summed E-state index contributed by atoms with van der Waals surface area (Å²) in [6.45, 7) is 1.81. The standard InChI is InChI=1S/C8H6O2.C3H6O/c9-5-7-3-1-2-4-8(7)6-10;1-2-3-4/h1-6H;3H,2H2,1H3. The third-order valence-corrected chi connectivity index (χ3v) is 1.42. The zero-order valence-corrected chi connectivity index (χ0v) is 7.97. The number of benzene rings is 1. The largest absolute Gasteiger partial charge is 0.303 e. The lowest BCUT2D eigenvalue weighted by atomic mass is 10.1. The first-order chi connectivity index (χ1) is 6.79. The third kappa shape index (κ3) is 4.30. The highest BCUT2D eigenvalue weighted by atomic mass is 16.1. The second-order valence-electron chi connectivity index (χ2n) is 2.44. The molecule has 0 saturated heterocycles. The molecule has 14 heavy (non-hydrogen) atoms. The highest BCUT2D eigenvalue weighted by Crippen LogP contribution is 2.01. The molecule has 0 fully saturated rings. The van der Waals surface area contributed by atoms with Gasteiger partial charge in [0, 0.05) is 17.5 Å². The van der Waals surface area contributed by atoms with Crippen LogP contribution in [0.1, 0.15) is 34.1 Å². The number of carbonyl (C=O) groups is 3. The van der Waals surface area contributed by atoms with Crippen LogP contribution in [0.25, 0.3) is 0 Å². The quantitative estimate of drug-likeness (QED) is 0.687. The predicted molar refractivity (Wildman–Crippen MR) is 53.6 cm³/mol. The maximum absolute atomic E-state index is 10.2. The Morgan fingerprint density at radius 3 is 1.57 bits per heavy atom. The summed E-state index contributed by atoms with van der Waals surface area (Å²) < 4.78 is 0. The molecule has 0 amide bonds. The van der Waals surface area contributed by atoms with Crippen LogP contribution >= 0.6 is 0 Å². The molecule has 0 aliphatic heterocycles. The van der Waals surface area contributed by atoms with E-state index in [0.717, 1.165) is 6.29 Å². The van der Waals surface area contributed by atoms with Crippen molar-refractivity contribution in [1.82, 2.24) is 0 Å². The van der Waals surface area contributed by atoms with Crippen LogP contribution in [-0.4, -0.2) is 18.9 Å². The summed E-state index contributed by atoms with van der Waals surface area (Å²) >= 11 is 0. The van der Waals surface area contributed by atoms with Crippen LogP contribution in [0, 0.1) is 0 Å². The molecule has 74 valence electrons. The van der Waals surface area contributed by atoms with Gasteiger partial charge in [0.15, 0.2) is 12.6 Å². The minimum absolute atomic E-state index is 0.442. The molecule has 1 aromatic rings. The van der Waals surface area contributed by atoms with E-state index in [2.05, 4.69) is 0 Å². The summed E-state index contributed by atoms with van der Waals surface area (Å²) in [4.78, 5) is 29.6. The third-order valence-electron chi connectivity index (χ3n) is 1.42. The summed E-state index contributed by atoms with van der Waals surface area (Å²) in [5.74, 6) is 0. The van der Waals surface area contributed by atoms with Gasteiger partial charge in [-0.25, -0.2) is 0 Å². The summed E-state index contributed by atoms with van der Waals surface area (Å²) in [5, 5.41) is 0. The Hall–Kier alpha value is -1.77. The second-order valence-corrected chi connectivity index (χ2v) is 2.44. The SMILES string of the molecule is CCC=O.O=Cc1ccccc1C=O. The second kappa shape index (κ2) is 7.86. The molecule has 0 bridgehead atoms. The molecule has 0 saturated carbocycles. The Kier molecular flexibility index (Phi) is 6.86. The van der Waals surface area contributed by atoms with Gasteiger partial charge in [-0.15, -0.1) is 0 Å². The van der Waals surface area contributed by atoms with Crippen LogP contribution in [0.5, 0.6) is 0 Å². The van der Waals surface area contributed by atoms with E-state index < -0.39 is 0 Å². The average Bonchev–Trinajstić information content (AvgIpc) is 2.29. The van der Waals surface area contributed by atoms with Crippen molar-refractivity contribution in [3.05, 3.63) is 35.4 Å². The van der Waals surface area contributed by atoms with Crippen molar-refractivity contribution in [3.63, 3.8) is 0 Å². The van der Waals surface area contributed by atoms with Crippen molar-refractivity contribution in [2.45, 2.75) is 13.3 Å². The van der Waals surface area contributed by atoms with E-state index in [1.165, 1.54) is 0 Å². The minimum Gasteiger partial charge on any atom is -0.303 e. The molecule has 0 spiro atoms. The van der Waals surface area contributed by atoms with E-state index in [4.69, 9.17) is 0 Å². The lowest BCUT2D eigenvalue weighted by Crippen LogP contribution is -1.87. The van der Waals surface area contributed by atoms with E-state index in [-0.39, 0.29) is 0 Å². The van der Waals surface area contributed by atoms with Crippen molar-refractivity contribution < 1.29 is 14.4 Å². The zero-order chi connectivity index (χ0) is 10.8. The van der Waals surface area contributed by atoms with Gasteiger partial charge in [0.1, 0.15) is 6.29 Å².